The van der Waals surface area contributed by atoms with Crippen LogP contribution in [0.25, 0.3) is 0 Å². The number of methoxy groups -OCH3 is 1. The van der Waals surface area contributed by atoms with Gasteiger partial charge in [-0.15, -0.1) is 0 Å². The maximum absolute atomic E-state index is 13.1. The topological polar surface area (TPSA) is 52.3 Å². The molecule has 0 saturated heterocycles. The second kappa shape index (κ2) is 6.83. The molecule has 3 nitrogen and oxygen atoms in total. The molecular weight excluding hydrogens is 289 g/mol. The summed E-state index contributed by atoms with van der Waals surface area (Å²) in [6, 6.07) is 3.84. The lowest BCUT2D eigenvalue weighted by molar-refractivity contribution is -0.120. The van der Waals surface area contributed by atoms with E-state index in [2.05, 4.69) is 15.9 Å². The molecule has 0 amide bonds. The summed E-state index contributed by atoms with van der Waals surface area (Å²) >= 11 is 3.18. The Kier molecular flexibility index (Phi) is 5.74. The van der Waals surface area contributed by atoms with E-state index >= 15 is 0 Å². The van der Waals surface area contributed by atoms with Crippen LogP contribution < -0.4 is 5.73 Å². The van der Waals surface area contributed by atoms with Crippen molar-refractivity contribution in [2.75, 3.05) is 13.7 Å². The zero-order chi connectivity index (χ0) is 12.8. The predicted molar refractivity (Wildman–Crippen MR) is 67.3 cm³/mol. The Labute approximate surface area is 108 Å². The van der Waals surface area contributed by atoms with Gasteiger partial charge in [-0.3, -0.25) is 4.79 Å². The molecule has 0 spiro atoms. The molecule has 0 fully saturated rings. The van der Waals surface area contributed by atoms with E-state index in [1.54, 1.807) is 13.2 Å². The zero-order valence-electron chi connectivity index (χ0n) is 9.58. The average Bonchev–Trinajstić information content (AvgIpc) is 2.24. The van der Waals surface area contributed by atoms with Crippen LogP contribution in [0.4, 0.5) is 4.39 Å². The van der Waals surface area contributed by atoms with Gasteiger partial charge < -0.3 is 10.5 Å². The molecule has 0 aliphatic rings. The summed E-state index contributed by atoms with van der Waals surface area (Å²) in [5.41, 5.74) is 6.31. The number of ether oxygens (including phenoxy) is 1. The first kappa shape index (κ1) is 14.3. The van der Waals surface area contributed by atoms with Crippen molar-refractivity contribution in [2.45, 2.75) is 18.9 Å². The highest BCUT2D eigenvalue weighted by Crippen LogP contribution is 2.15. The van der Waals surface area contributed by atoms with Gasteiger partial charge in [0.05, 0.1) is 6.04 Å². The normalized spacial score (nSPS) is 12.5. The minimum atomic E-state index is -0.558. The average molecular weight is 304 g/mol. The van der Waals surface area contributed by atoms with Crippen molar-refractivity contribution in [3.8, 4) is 0 Å². The fraction of sp³-hybridized carbons (Fsp3) is 0.417. The van der Waals surface area contributed by atoms with E-state index in [0.29, 0.717) is 23.1 Å². The van der Waals surface area contributed by atoms with Gasteiger partial charge in [-0.05, 0) is 30.2 Å². The first-order valence-corrected chi connectivity index (χ1v) is 6.04. The number of hydrogen-bond acceptors (Lipinski definition) is 3. The molecule has 0 aliphatic carbocycles. The molecule has 1 aromatic carbocycles. The lowest BCUT2D eigenvalue weighted by atomic mass is 10.0. The van der Waals surface area contributed by atoms with Gasteiger partial charge in [-0.2, -0.15) is 0 Å². The third-order valence-corrected chi connectivity index (χ3v) is 2.81. The summed E-state index contributed by atoms with van der Waals surface area (Å²) in [7, 11) is 1.56. The van der Waals surface area contributed by atoms with E-state index in [1.807, 2.05) is 0 Å². The Bertz CT molecular complexity index is 378. The summed E-state index contributed by atoms with van der Waals surface area (Å²) in [5, 5.41) is 0. The molecule has 2 N–H and O–H groups in total. The number of carbonyl (C=O) groups excluding carboxylic acids is 1. The van der Waals surface area contributed by atoms with Crippen LogP contribution in [0.5, 0.6) is 0 Å². The van der Waals surface area contributed by atoms with E-state index in [1.165, 1.54) is 12.1 Å². The SMILES string of the molecule is COCCC(N)C(=O)Cc1cc(F)cc(Br)c1. The van der Waals surface area contributed by atoms with Gasteiger partial charge in [0, 0.05) is 24.6 Å². The maximum Gasteiger partial charge on any atom is 0.153 e. The molecule has 1 unspecified atom stereocenters. The van der Waals surface area contributed by atoms with Crippen LogP contribution in [0.2, 0.25) is 0 Å². The quantitative estimate of drug-likeness (QED) is 0.875. The monoisotopic (exact) mass is 303 g/mol. The fourth-order valence-corrected chi connectivity index (χ4v) is 1.96. The van der Waals surface area contributed by atoms with Crippen LogP contribution in [0.15, 0.2) is 22.7 Å². The first-order chi connectivity index (χ1) is 8.02. The summed E-state index contributed by atoms with van der Waals surface area (Å²) < 4.78 is 18.6. The molecule has 0 aromatic heterocycles. The highest BCUT2D eigenvalue weighted by molar-refractivity contribution is 9.10. The van der Waals surface area contributed by atoms with Crippen LogP contribution in [-0.4, -0.2) is 25.5 Å². The molecule has 0 heterocycles. The number of carbonyl (C=O) groups is 1. The number of nitrogens with two attached hydrogens (primary N) is 1. The first-order valence-electron chi connectivity index (χ1n) is 5.25. The number of ketones is 1. The molecule has 0 aliphatic heterocycles. The molecular formula is C12H15BrFNO2. The lowest BCUT2D eigenvalue weighted by Gasteiger charge is -2.10. The van der Waals surface area contributed by atoms with E-state index in [4.69, 9.17) is 10.5 Å². The number of benzene rings is 1. The van der Waals surface area contributed by atoms with Crippen molar-refractivity contribution in [3.05, 3.63) is 34.1 Å². The third kappa shape index (κ3) is 4.93. The second-order valence-electron chi connectivity index (χ2n) is 3.81. The van der Waals surface area contributed by atoms with Gasteiger partial charge in [0.25, 0.3) is 0 Å². The van der Waals surface area contributed by atoms with Crippen molar-refractivity contribution in [1.82, 2.24) is 0 Å². The van der Waals surface area contributed by atoms with Gasteiger partial charge in [0.15, 0.2) is 5.78 Å². The second-order valence-corrected chi connectivity index (χ2v) is 4.72. The molecule has 5 heteroatoms. The van der Waals surface area contributed by atoms with Crippen LogP contribution in [0.1, 0.15) is 12.0 Å². The number of halogens is 2. The predicted octanol–water partition coefficient (Wildman–Crippen LogP) is 2.06. The summed E-state index contributed by atoms with van der Waals surface area (Å²) in [4.78, 5) is 11.7. The van der Waals surface area contributed by atoms with Crippen molar-refractivity contribution in [3.63, 3.8) is 0 Å². The highest BCUT2D eigenvalue weighted by Gasteiger charge is 2.14. The summed E-state index contributed by atoms with van der Waals surface area (Å²) in [5.74, 6) is -0.479. The van der Waals surface area contributed by atoms with Gasteiger partial charge in [0.1, 0.15) is 5.82 Å². The van der Waals surface area contributed by atoms with Crippen LogP contribution in [0.3, 0.4) is 0 Å². The maximum atomic E-state index is 13.1. The molecule has 0 radical (unpaired) electrons. The van der Waals surface area contributed by atoms with Crippen molar-refractivity contribution < 1.29 is 13.9 Å². The van der Waals surface area contributed by atoms with Gasteiger partial charge in [-0.25, -0.2) is 4.39 Å². The minimum Gasteiger partial charge on any atom is -0.385 e. The van der Waals surface area contributed by atoms with Gasteiger partial charge in [-0.1, -0.05) is 15.9 Å². The summed E-state index contributed by atoms with van der Waals surface area (Å²) in [6.45, 7) is 0.444. The van der Waals surface area contributed by atoms with E-state index in [-0.39, 0.29) is 18.0 Å². The molecule has 1 rings (SSSR count). The summed E-state index contributed by atoms with van der Waals surface area (Å²) in [6.07, 6.45) is 0.618. The fourth-order valence-electron chi connectivity index (χ4n) is 1.45. The van der Waals surface area contributed by atoms with Crippen LogP contribution >= 0.6 is 15.9 Å². The van der Waals surface area contributed by atoms with Crippen molar-refractivity contribution in [2.24, 2.45) is 5.73 Å². The Morgan fingerprint density at radius 2 is 2.24 bits per heavy atom. The van der Waals surface area contributed by atoms with Gasteiger partial charge >= 0.3 is 0 Å². The van der Waals surface area contributed by atoms with Crippen molar-refractivity contribution in [1.29, 1.82) is 0 Å². The molecule has 1 aromatic rings. The zero-order valence-corrected chi connectivity index (χ0v) is 11.2. The minimum absolute atomic E-state index is 0.112. The molecule has 0 bridgehead atoms. The Hall–Kier alpha value is -0.780. The Morgan fingerprint density at radius 1 is 1.53 bits per heavy atom. The van der Waals surface area contributed by atoms with Crippen molar-refractivity contribution >= 4 is 21.7 Å². The molecule has 1 atom stereocenters. The number of hydrogen-bond donors (Lipinski definition) is 1. The Morgan fingerprint density at radius 3 is 2.82 bits per heavy atom. The standard InChI is InChI=1S/C12H15BrFNO2/c1-17-3-2-11(15)12(16)6-8-4-9(13)7-10(14)5-8/h4-5,7,11H,2-3,6,15H2,1H3. The van der Waals surface area contributed by atoms with Crippen LogP contribution in [-0.2, 0) is 16.0 Å². The van der Waals surface area contributed by atoms with E-state index < -0.39 is 6.04 Å². The van der Waals surface area contributed by atoms with Crippen LogP contribution in [0, 0.1) is 5.82 Å². The molecule has 94 valence electrons. The Balaban J connectivity index is 2.61. The lowest BCUT2D eigenvalue weighted by Crippen LogP contribution is -2.32. The number of rotatable bonds is 6. The molecule has 17 heavy (non-hydrogen) atoms. The van der Waals surface area contributed by atoms with Gasteiger partial charge in [0.2, 0.25) is 0 Å². The highest BCUT2D eigenvalue weighted by atomic mass is 79.9. The van der Waals surface area contributed by atoms with E-state index in [0.717, 1.165) is 0 Å². The third-order valence-electron chi connectivity index (χ3n) is 2.35. The smallest absolute Gasteiger partial charge is 0.153 e. The van der Waals surface area contributed by atoms with E-state index in [9.17, 15) is 9.18 Å². The molecule has 0 saturated carbocycles. The number of Topliss-reactive ketones (excluding diaryl/α,β-unsaturated/α-hetero) is 1. The largest absolute Gasteiger partial charge is 0.385 e.